The molecule has 0 amide bonds. The van der Waals surface area contributed by atoms with Gasteiger partial charge in [0.15, 0.2) is 0 Å². The summed E-state index contributed by atoms with van der Waals surface area (Å²) in [5.74, 6) is 0.849. The quantitative estimate of drug-likeness (QED) is 0.452. The largest absolute Gasteiger partial charge is 0.489 e. The van der Waals surface area contributed by atoms with E-state index in [1.807, 2.05) is 38.1 Å². The summed E-state index contributed by atoms with van der Waals surface area (Å²) in [5, 5.41) is 0. The van der Waals surface area contributed by atoms with E-state index in [4.69, 9.17) is 9.47 Å². The number of anilines is 1. The summed E-state index contributed by atoms with van der Waals surface area (Å²) in [5.41, 5.74) is 2.46. The van der Waals surface area contributed by atoms with Crippen LogP contribution in [0, 0.1) is 5.82 Å². The average molecular weight is 464 g/mol. The first kappa shape index (κ1) is 23.7. The molecule has 4 rings (SSSR count). The van der Waals surface area contributed by atoms with Crippen LogP contribution in [0.2, 0.25) is 0 Å². The van der Waals surface area contributed by atoms with Crippen molar-refractivity contribution in [3.63, 3.8) is 0 Å². The van der Waals surface area contributed by atoms with Crippen LogP contribution in [0.15, 0.2) is 66.9 Å². The van der Waals surface area contributed by atoms with Crippen LogP contribution in [0.5, 0.6) is 5.75 Å². The van der Waals surface area contributed by atoms with Crippen molar-refractivity contribution in [2.24, 2.45) is 0 Å². The lowest BCUT2D eigenvalue weighted by Crippen LogP contribution is -2.46. The van der Waals surface area contributed by atoms with Crippen molar-refractivity contribution in [3.8, 4) is 5.75 Å². The van der Waals surface area contributed by atoms with Crippen molar-refractivity contribution in [1.29, 1.82) is 0 Å². The summed E-state index contributed by atoms with van der Waals surface area (Å²) < 4.78 is 24.6. The number of nitrogens with zero attached hydrogens (tertiary/aromatic N) is 3. The molecule has 1 aliphatic heterocycles. The zero-order chi connectivity index (χ0) is 23.9. The Hall–Kier alpha value is -3.45. The van der Waals surface area contributed by atoms with Crippen LogP contribution in [0.4, 0.5) is 10.2 Å². The van der Waals surface area contributed by atoms with Crippen molar-refractivity contribution < 1.29 is 18.7 Å². The maximum atomic E-state index is 13.4. The van der Waals surface area contributed by atoms with E-state index >= 15 is 0 Å². The van der Waals surface area contributed by atoms with E-state index in [1.54, 1.807) is 24.4 Å². The van der Waals surface area contributed by atoms with Gasteiger partial charge >= 0.3 is 5.97 Å². The van der Waals surface area contributed by atoms with Gasteiger partial charge in [-0.1, -0.05) is 24.3 Å². The summed E-state index contributed by atoms with van der Waals surface area (Å²) in [6, 6.07) is 18.0. The SMILES string of the molecule is CC(C)OC(=O)c1cccnc1N1CCN(Cc2cccc(OCc3cccc(F)c3)c2)CC1. The van der Waals surface area contributed by atoms with E-state index in [9.17, 15) is 9.18 Å². The standard InChI is InChI=1S/C27H30FN3O3/c1-20(2)34-27(32)25-10-5-11-29-26(25)31-14-12-30(13-15-31)18-21-6-4-9-24(17-21)33-19-22-7-3-8-23(28)16-22/h3-11,16-17,20H,12-15,18-19H2,1-2H3. The molecule has 2 aromatic carbocycles. The number of benzene rings is 2. The molecule has 0 bridgehead atoms. The Labute approximate surface area is 199 Å². The smallest absolute Gasteiger partial charge is 0.342 e. The fourth-order valence-electron chi connectivity index (χ4n) is 3.99. The third-order valence-corrected chi connectivity index (χ3v) is 5.62. The van der Waals surface area contributed by atoms with Gasteiger partial charge in [0.2, 0.25) is 0 Å². The van der Waals surface area contributed by atoms with Gasteiger partial charge in [-0.15, -0.1) is 0 Å². The number of pyridine rings is 1. The number of carbonyl (C=O) groups is 1. The van der Waals surface area contributed by atoms with E-state index in [1.165, 1.54) is 12.1 Å². The Balaban J connectivity index is 1.33. The van der Waals surface area contributed by atoms with Crippen molar-refractivity contribution in [2.45, 2.75) is 33.1 Å². The fraction of sp³-hybridized carbons (Fsp3) is 0.333. The lowest BCUT2D eigenvalue weighted by Gasteiger charge is -2.36. The Kier molecular flexibility index (Phi) is 7.75. The van der Waals surface area contributed by atoms with Crippen LogP contribution in [0.3, 0.4) is 0 Å². The first-order valence-electron chi connectivity index (χ1n) is 11.6. The number of rotatable bonds is 8. The predicted octanol–water partition coefficient (Wildman–Crippen LogP) is 4.69. The van der Waals surface area contributed by atoms with Gasteiger partial charge in [-0.2, -0.15) is 0 Å². The Bertz CT molecular complexity index is 1110. The van der Waals surface area contributed by atoms with Gasteiger partial charge in [0.05, 0.1) is 6.10 Å². The van der Waals surface area contributed by atoms with Crippen molar-refractivity contribution in [1.82, 2.24) is 9.88 Å². The molecule has 0 atom stereocenters. The molecule has 0 aliphatic carbocycles. The molecule has 7 heteroatoms. The van der Waals surface area contributed by atoms with Gasteiger partial charge in [-0.05, 0) is 61.4 Å². The molecule has 6 nitrogen and oxygen atoms in total. The number of esters is 1. The van der Waals surface area contributed by atoms with Gasteiger partial charge < -0.3 is 14.4 Å². The second-order valence-electron chi connectivity index (χ2n) is 8.66. The van der Waals surface area contributed by atoms with Crippen molar-refractivity contribution in [3.05, 3.63) is 89.4 Å². The second-order valence-corrected chi connectivity index (χ2v) is 8.66. The predicted molar refractivity (Wildman–Crippen MR) is 129 cm³/mol. The van der Waals surface area contributed by atoms with Crippen LogP contribution in [-0.4, -0.2) is 48.1 Å². The molecule has 0 radical (unpaired) electrons. The lowest BCUT2D eigenvalue weighted by atomic mass is 10.1. The molecule has 178 valence electrons. The highest BCUT2D eigenvalue weighted by atomic mass is 19.1. The zero-order valence-corrected chi connectivity index (χ0v) is 19.6. The molecule has 1 fully saturated rings. The minimum atomic E-state index is -0.337. The molecular weight excluding hydrogens is 433 g/mol. The summed E-state index contributed by atoms with van der Waals surface area (Å²) in [7, 11) is 0. The number of hydrogen-bond acceptors (Lipinski definition) is 6. The normalized spacial score (nSPS) is 14.3. The van der Waals surface area contributed by atoms with E-state index in [0.717, 1.165) is 49.6 Å². The van der Waals surface area contributed by atoms with E-state index in [2.05, 4.69) is 20.9 Å². The molecule has 0 unspecified atom stereocenters. The Morgan fingerprint density at radius 1 is 1.00 bits per heavy atom. The van der Waals surface area contributed by atoms with Crippen molar-refractivity contribution >= 4 is 11.8 Å². The summed E-state index contributed by atoms with van der Waals surface area (Å²) in [6.07, 6.45) is 1.54. The minimum Gasteiger partial charge on any atom is -0.489 e. The Morgan fingerprint density at radius 3 is 2.53 bits per heavy atom. The number of piperazine rings is 1. The summed E-state index contributed by atoms with van der Waals surface area (Å²) in [6.45, 7) is 8.06. The molecule has 0 saturated carbocycles. The van der Waals surface area contributed by atoms with E-state index < -0.39 is 0 Å². The van der Waals surface area contributed by atoms with Gasteiger partial charge in [0.1, 0.15) is 29.6 Å². The van der Waals surface area contributed by atoms with Gasteiger partial charge in [-0.3, -0.25) is 4.90 Å². The number of carbonyl (C=O) groups excluding carboxylic acids is 1. The Morgan fingerprint density at radius 2 is 1.76 bits per heavy atom. The first-order valence-corrected chi connectivity index (χ1v) is 11.6. The van der Waals surface area contributed by atoms with Gasteiger partial charge in [-0.25, -0.2) is 14.2 Å². The summed E-state index contributed by atoms with van der Waals surface area (Å²) in [4.78, 5) is 21.5. The van der Waals surface area contributed by atoms with Crippen LogP contribution < -0.4 is 9.64 Å². The van der Waals surface area contributed by atoms with Crippen LogP contribution in [0.1, 0.15) is 35.3 Å². The highest BCUT2D eigenvalue weighted by molar-refractivity contribution is 5.94. The second kappa shape index (κ2) is 11.1. The number of hydrogen-bond donors (Lipinski definition) is 0. The monoisotopic (exact) mass is 463 g/mol. The minimum absolute atomic E-state index is 0.175. The highest BCUT2D eigenvalue weighted by Crippen LogP contribution is 2.22. The van der Waals surface area contributed by atoms with Crippen LogP contribution in [-0.2, 0) is 17.9 Å². The van der Waals surface area contributed by atoms with E-state index in [-0.39, 0.29) is 17.9 Å². The molecule has 1 saturated heterocycles. The molecule has 0 spiro atoms. The third kappa shape index (κ3) is 6.32. The van der Waals surface area contributed by atoms with Crippen molar-refractivity contribution in [2.75, 3.05) is 31.1 Å². The molecule has 1 aromatic heterocycles. The molecular formula is C27H30FN3O3. The molecule has 1 aliphatic rings. The molecule has 34 heavy (non-hydrogen) atoms. The van der Waals surface area contributed by atoms with Crippen LogP contribution in [0.25, 0.3) is 0 Å². The average Bonchev–Trinajstić information content (AvgIpc) is 2.83. The first-order chi connectivity index (χ1) is 16.5. The number of ether oxygens (including phenoxy) is 2. The van der Waals surface area contributed by atoms with Gasteiger partial charge in [0, 0.05) is 38.9 Å². The topological polar surface area (TPSA) is 54.9 Å². The number of aromatic nitrogens is 1. The number of halogens is 1. The maximum absolute atomic E-state index is 13.4. The maximum Gasteiger partial charge on any atom is 0.342 e. The highest BCUT2D eigenvalue weighted by Gasteiger charge is 2.23. The molecule has 3 aromatic rings. The molecule has 0 N–H and O–H groups in total. The zero-order valence-electron chi connectivity index (χ0n) is 19.6. The lowest BCUT2D eigenvalue weighted by molar-refractivity contribution is 0.0378. The third-order valence-electron chi connectivity index (χ3n) is 5.62. The molecule has 2 heterocycles. The summed E-state index contributed by atoms with van der Waals surface area (Å²) >= 11 is 0. The van der Waals surface area contributed by atoms with Crippen LogP contribution >= 0.6 is 0 Å². The van der Waals surface area contributed by atoms with E-state index in [0.29, 0.717) is 18.0 Å². The fourth-order valence-corrected chi connectivity index (χ4v) is 3.99. The van der Waals surface area contributed by atoms with Gasteiger partial charge in [0.25, 0.3) is 0 Å².